The summed E-state index contributed by atoms with van der Waals surface area (Å²) in [5, 5.41) is 48.7. The summed E-state index contributed by atoms with van der Waals surface area (Å²) in [6, 6.07) is 0. The van der Waals surface area contributed by atoms with Gasteiger partial charge in [-0.3, -0.25) is 0 Å². The van der Waals surface area contributed by atoms with Crippen LogP contribution >= 0.6 is 0 Å². The fourth-order valence-corrected chi connectivity index (χ4v) is 6.43. The van der Waals surface area contributed by atoms with Crippen molar-refractivity contribution in [2.24, 2.45) is 0 Å². The van der Waals surface area contributed by atoms with E-state index >= 15 is 0 Å². The summed E-state index contributed by atoms with van der Waals surface area (Å²) in [6.45, 7) is 76.6. The van der Waals surface area contributed by atoms with Gasteiger partial charge in [-0.2, -0.15) is 30.4 Å². The number of nitrogens with one attached hydrogen (secondary N) is 1. The van der Waals surface area contributed by atoms with Crippen molar-refractivity contribution in [3.8, 4) is 0 Å². The van der Waals surface area contributed by atoms with Gasteiger partial charge in [-0.15, -0.1) is 20.4 Å². The second kappa shape index (κ2) is 24.6. The minimum absolute atomic E-state index is 0.0130. The van der Waals surface area contributed by atoms with E-state index in [9.17, 15) is 0 Å². The molecule has 0 unspecified atom stereocenters. The van der Waals surface area contributed by atoms with Gasteiger partial charge >= 0.3 is 0 Å². The van der Waals surface area contributed by atoms with E-state index in [0.717, 1.165) is 34.6 Å². The molecule has 19 nitrogen and oxygen atoms in total. The summed E-state index contributed by atoms with van der Waals surface area (Å²) < 4.78 is 7.81. The molecular weight excluding hydrogens is 975 g/mol. The maximum absolute atomic E-state index is 4.46. The van der Waals surface area contributed by atoms with Crippen LogP contribution in [0.4, 0.5) is 0 Å². The molecule has 0 aliphatic rings. The number of rotatable bonds is 0. The average molecular weight is 1090 g/mol. The molecule has 0 spiro atoms. The van der Waals surface area contributed by atoms with Gasteiger partial charge in [0.15, 0.2) is 11.6 Å². The highest BCUT2D eigenvalue weighted by atomic mass is 15.6. The van der Waals surface area contributed by atoms with Crippen LogP contribution in [-0.4, -0.2) is 95.1 Å². The SMILES string of the molecule is CC(C)(C)c1cn(C(C)(C)C)nn1.CC(C)(C)c1cnnn1C(C)(C)C.CC(C)(C)c1n[nH]nc1C(C)(C)C.CC(C)(C)c1ncn(C(C)(C)C)n1.CC(C)(C)c1ncnn1C(C)(C)C.CC(C)(C)c1nnn(C(C)(C)C)n1. The van der Waals surface area contributed by atoms with Crippen molar-refractivity contribution < 1.29 is 0 Å². The number of nitrogens with zero attached hydrogens (tertiary/aromatic N) is 18. The monoisotopic (exact) mass is 1090 g/mol. The highest BCUT2D eigenvalue weighted by Crippen LogP contribution is 2.31. The van der Waals surface area contributed by atoms with Gasteiger partial charge in [0.25, 0.3) is 0 Å². The molecule has 0 fully saturated rings. The summed E-state index contributed by atoms with van der Waals surface area (Å²) in [5.41, 5.74) is 4.75. The Morgan fingerprint density at radius 2 is 0.846 bits per heavy atom. The molecule has 6 aromatic rings. The molecule has 444 valence electrons. The quantitative estimate of drug-likeness (QED) is 0.150. The summed E-state index contributed by atoms with van der Waals surface area (Å²) in [4.78, 5) is 10.3. The number of aromatic amines is 1. The molecule has 0 bridgehead atoms. The highest BCUT2D eigenvalue weighted by molar-refractivity contribution is 5.24. The predicted octanol–water partition coefficient (Wildman–Crippen LogP) is 13.4. The Morgan fingerprint density at radius 1 is 0.385 bits per heavy atom. The number of H-pyrrole nitrogens is 1. The van der Waals surface area contributed by atoms with Crippen LogP contribution in [0.25, 0.3) is 0 Å². The van der Waals surface area contributed by atoms with Gasteiger partial charge in [0.1, 0.15) is 18.5 Å². The Bertz CT molecular complexity index is 2220. The minimum Gasteiger partial charge on any atom is -0.247 e. The number of hydrogen-bond donors (Lipinski definition) is 1. The van der Waals surface area contributed by atoms with Crippen LogP contribution in [0.1, 0.15) is 290 Å². The van der Waals surface area contributed by atoms with E-state index in [1.807, 2.05) is 31.1 Å². The highest BCUT2D eigenvalue weighted by Gasteiger charge is 2.31. The molecule has 1 N–H and O–H groups in total. The minimum atomic E-state index is -0.0868. The Hall–Kier alpha value is -5.23. The van der Waals surface area contributed by atoms with Gasteiger partial charge in [-0.25, -0.2) is 28.7 Å². The normalized spacial score (nSPS) is 13.4. The van der Waals surface area contributed by atoms with Crippen molar-refractivity contribution in [1.82, 2.24) is 95.1 Å². The fourth-order valence-electron chi connectivity index (χ4n) is 6.43. The summed E-state index contributed by atoms with van der Waals surface area (Å²) in [7, 11) is 0. The lowest BCUT2D eigenvalue weighted by Gasteiger charge is -2.27. The Balaban J connectivity index is 0.000000468. The van der Waals surface area contributed by atoms with Gasteiger partial charge in [0.2, 0.25) is 0 Å². The molecule has 19 heteroatoms. The van der Waals surface area contributed by atoms with Gasteiger partial charge in [-0.1, -0.05) is 156 Å². The van der Waals surface area contributed by atoms with Crippen LogP contribution in [0, 0.1) is 0 Å². The van der Waals surface area contributed by atoms with E-state index in [2.05, 4.69) is 321 Å². The molecule has 0 radical (unpaired) electrons. The fraction of sp³-hybridized carbons (Fsp3) is 0.814. The van der Waals surface area contributed by atoms with Gasteiger partial charge < -0.3 is 0 Å². The van der Waals surface area contributed by atoms with Crippen molar-refractivity contribution in [2.75, 3.05) is 0 Å². The first-order valence-corrected chi connectivity index (χ1v) is 27.7. The van der Waals surface area contributed by atoms with Crippen LogP contribution < -0.4 is 0 Å². The van der Waals surface area contributed by atoms with Crippen LogP contribution in [-0.2, 0) is 65.6 Å². The molecule has 0 saturated heterocycles. The van der Waals surface area contributed by atoms with Crippen LogP contribution in [0.5, 0.6) is 0 Å². The van der Waals surface area contributed by atoms with E-state index in [-0.39, 0.29) is 65.6 Å². The molecule has 0 aromatic carbocycles. The molecule has 6 aromatic heterocycles. The summed E-state index contributed by atoms with van der Waals surface area (Å²) in [5.74, 6) is 2.74. The first kappa shape index (κ1) is 70.8. The van der Waals surface area contributed by atoms with Crippen LogP contribution in [0.15, 0.2) is 25.0 Å². The smallest absolute Gasteiger partial charge is 0.180 e. The molecule has 0 aliphatic heterocycles. The van der Waals surface area contributed by atoms with Crippen LogP contribution in [0.3, 0.4) is 0 Å². The third-order valence-corrected chi connectivity index (χ3v) is 11.3. The molecule has 0 amide bonds. The average Bonchev–Trinajstić information content (AvgIpc) is 4.06. The summed E-state index contributed by atoms with van der Waals surface area (Å²) >= 11 is 0. The number of tetrazole rings is 1. The standard InChI is InChI=1S/5C10H19N3.C9H18N4/c1-9(2,3)8-11-7-13(12-8)10(4,5)6;1-9(2,3)8-11-7-12-13(8)10(4,5)6;1-9(2,3)8-7-13(12-11-8)10(4,5)6;1-9(2,3)8-7-11-12-13(8)10(4,5)6;1-9(2,3)7-8(10(4,5)6)12-13-11-7;1-8(2,3)7-10-12-13(11-7)9(4,5)6/h4*7H,1-6H3;1-6H3,(H,11,12,13);1-6H3. The van der Waals surface area contributed by atoms with E-state index in [0.29, 0.717) is 0 Å². The summed E-state index contributed by atoms with van der Waals surface area (Å²) in [6.07, 6.45) is 7.32. The van der Waals surface area contributed by atoms with Crippen LogP contribution in [0.2, 0.25) is 0 Å². The van der Waals surface area contributed by atoms with E-state index in [1.54, 1.807) is 17.5 Å². The Kier molecular flexibility index (Phi) is 22.4. The van der Waals surface area contributed by atoms with Crippen molar-refractivity contribution >= 4 is 0 Å². The second-order valence-corrected chi connectivity index (χ2v) is 32.6. The number of aromatic nitrogens is 19. The zero-order valence-corrected chi connectivity index (χ0v) is 56.4. The molecule has 0 saturated carbocycles. The Morgan fingerprint density at radius 3 is 1.10 bits per heavy atom. The maximum Gasteiger partial charge on any atom is 0.180 e. The molecular formula is C59H113N19. The van der Waals surface area contributed by atoms with Crippen molar-refractivity contribution in [2.45, 2.75) is 315 Å². The molecule has 6 rings (SSSR count). The zero-order valence-electron chi connectivity index (χ0n) is 56.4. The maximum atomic E-state index is 4.46. The molecule has 0 atom stereocenters. The zero-order chi connectivity index (χ0) is 61.7. The third kappa shape index (κ3) is 22.5. The van der Waals surface area contributed by atoms with E-state index in [4.69, 9.17) is 0 Å². The molecule has 0 aliphatic carbocycles. The molecule has 6 heterocycles. The lowest BCUT2D eigenvalue weighted by Crippen LogP contribution is -2.30. The lowest BCUT2D eigenvalue weighted by atomic mass is 9.82. The Labute approximate surface area is 473 Å². The van der Waals surface area contributed by atoms with Gasteiger partial charge in [-0.05, 0) is 109 Å². The van der Waals surface area contributed by atoms with Gasteiger partial charge in [0.05, 0.1) is 56.7 Å². The van der Waals surface area contributed by atoms with E-state index < -0.39 is 0 Å². The predicted molar refractivity (Wildman–Crippen MR) is 320 cm³/mol. The van der Waals surface area contributed by atoms with Gasteiger partial charge in [0, 0.05) is 44.1 Å². The van der Waals surface area contributed by atoms with Crippen molar-refractivity contribution in [3.05, 3.63) is 65.3 Å². The van der Waals surface area contributed by atoms with Crippen molar-refractivity contribution in [1.29, 1.82) is 0 Å². The second-order valence-electron chi connectivity index (χ2n) is 32.6. The lowest BCUT2D eigenvalue weighted by molar-refractivity contribution is 0.303. The first-order valence-electron chi connectivity index (χ1n) is 27.7. The largest absolute Gasteiger partial charge is 0.247 e. The van der Waals surface area contributed by atoms with E-state index in [1.165, 1.54) is 5.69 Å². The third-order valence-electron chi connectivity index (χ3n) is 11.3. The topological polar surface area (TPSA) is 208 Å². The number of hydrogen-bond acceptors (Lipinski definition) is 13. The molecule has 78 heavy (non-hydrogen) atoms. The first-order chi connectivity index (χ1) is 34.3. The van der Waals surface area contributed by atoms with Crippen molar-refractivity contribution in [3.63, 3.8) is 0 Å².